The molecule has 0 bridgehead atoms. The first-order valence-electron chi connectivity index (χ1n) is 7.27. The summed E-state index contributed by atoms with van der Waals surface area (Å²) in [5, 5.41) is 21.3. The summed E-state index contributed by atoms with van der Waals surface area (Å²) in [6.07, 6.45) is -0.756. The van der Waals surface area contributed by atoms with Gasteiger partial charge in [0, 0.05) is 11.5 Å². The second-order valence-corrected chi connectivity index (χ2v) is 6.02. The van der Waals surface area contributed by atoms with E-state index in [9.17, 15) is 24.6 Å². The number of hydrogen-bond donors (Lipinski definition) is 2. The van der Waals surface area contributed by atoms with E-state index in [1.165, 1.54) is 11.8 Å². The number of nitrogens with zero attached hydrogens (tertiary/aromatic N) is 1. The fourth-order valence-corrected chi connectivity index (χ4v) is 4.09. The van der Waals surface area contributed by atoms with E-state index in [1.807, 2.05) is 0 Å². The van der Waals surface area contributed by atoms with Crippen LogP contribution in [-0.4, -0.2) is 46.2 Å². The van der Waals surface area contributed by atoms with Crippen molar-refractivity contribution >= 4 is 18.0 Å². The molecule has 0 unspecified atom stereocenters. The van der Waals surface area contributed by atoms with Gasteiger partial charge in [0.1, 0.15) is 6.10 Å². The van der Waals surface area contributed by atoms with Gasteiger partial charge in [0.15, 0.2) is 0 Å². The SMILES string of the molecule is C[C@@H](O)[C@H]1C(=O)N2C(C(=O)[O-])=C3[C@@H](OC(N)=O)CCC[C@@H]3[C@H]12.[Na+]. The fourth-order valence-electron chi connectivity index (χ4n) is 4.09. The molecular formula is C14H17N2NaO6. The van der Waals surface area contributed by atoms with Gasteiger partial charge in [0.05, 0.1) is 29.7 Å². The number of aliphatic carboxylic acids is 1. The molecule has 2 fully saturated rings. The fraction of sp³-hybridized carbons (Fsp3) is 0.643. The second kappa shape index (κ2) is 6.43. The van der Waals surface area contributed by atoms with Crippen molar-refractivity contribution in [3.63, 3.8) is 0 Å². The summed E-state index contributed by atoms with van der Waals surface area (Å²) >= 11 is 0. The molecule has 0 radical (unpaired) electrons. The standard InChI is InChI=1S/C14H18N2O6.Na/c1-5(17)8-10-6-3-2-4-7(22-14(15)21)9(6)11(13(19)20)16(10)12(8)18;/h5-8,10,17H,2-4H2,1H3,(H2,15,21)(H,19,20);/q;+1/p-1/t5-,6+,7+,8-,10-;/m1./s1. The smallest absolute Gasteiger partial charge is 0.543 e. The molecule has 5 atom stereocenters. The zero-order chi connectivity index (χ0) is 16.2. The number of primary amides is 1. The average molecular weight is 332 g/mol. The van der Waals surface area contributed by atoms with Crippen LogP contribution in [-0.2, 0) is 14.3 Å². The van der Waals surface area contributed by atoms with E-state index in [-0.39, 0.29) is 41.2 Å². The predicted molar refractivity (Wildman–Crippen MR) is 69.6 cm³/mol. The van der Waals surface area contributed by atoms with Gasteiger partial charge >= 0.3 is 35.7 Å². The van der Waals surface area contributed by atoms with Crippen LogP contribution < -0.4 is 40.4 Å². The van der Waals surface area contributed by atoms with Crippen molar-refractivity contribution in [1.82, 2.24) is 4.90 Å². The number of amides is 2. The van der Waals surface area contributed by atoms with Crippen LogP contribution in [0.3, 0.4) is 0 Å². The third-order valence-electron chi connectivity index (χ3n) is 4.81. The molecule has 0 spiro atoms. The van der Waals surface area contributed by atoms with Gasteiger partial charge in [-0.15, -0.1) is 0 Å². The first-order chi connectivity index (χ1) is 10.3. The van der Waals surface area contributed by atoms with E-state index in [4.69, 9.17) is 10.5 Å². The molecule has 2 aliphatic heterocycles. The first-order valence-corrected chi connectivity index (χ1v) is 7.27. The van der Waals surface area contributed by atoms with E-state index >= 15 is 0 Å². The first kappa shape index (κ1) is 18.3. The maximum Gasteiger partial charge on any atom is 1.00 e. The molecule has 2 amide bonds. The molecule has 3 aliphatic rings. The number of aliphatic hydroxyl groups excluding tert-OH is 1. The van der Waals surface area contributed by atoms with Crippen molar-refractivity contribution in [2.45, 2.75) is 44.4 Å². The minimum Gasteiger partial charge on any atom is -0.543 e. The van der Waals surface area contributed by atoms with Gasteiger partial charge in [-0.25, -0.2) is 4.79 Å². The molecule has 0 aromatic rings. The Hall–Kier alpha value is -1.09. The number of carbonyl (C=O) groups is 3. The Bertz CT molecular complexity index is 590. The molecular weight excluding hydrogens is 315 g/mol. The molecule has 9 heteroatoms. The van der Waals surface area contributed by atoms with Gasteiger partial charge < -0.3 is 30.4 Å². The van der Waals surface area contributed by atoms with Crippen molar-refractivity contribution in [2.75, 3.05) is 0 Å². The third-order valence-corrected chi connectivity index (χ3v) is 4.81. The van der Waals surface area contributed by atoms with Crippen molar-refractivity contribution in [2.24, 2.45) is 17.6 Å². The molecule has 1 aliphatic carbocycles. The topological polar surface area (TPSA) is 133 Å². The summed E-state index contributed by atoms with van der Waals surface area (Å²) in [5.41, 5.74) is 5.22. The van der Waals surface area contributed by atoms with Crippen molar-refractivity contribution < 1.29 is 58.9 Å². The monoisotopic (exact) mass is 332 g/mol. The van der Waals surface area contributed by atoms with Crippen LogP contribution in [0.25, 0.3) is 0 Å². The summed E-state index contributed by atoms with van der Waals surface area (Å²) in [5.74, 6) is -2.79. The van der Waals surface area contributed by atoms with Crippen molar-refractivity contribution in [3.8, 4) is 0 Å². The number of carboxylic acids is 1. The van der Waals surface area contributed by atoms with Crippen LogP contribution in [0.1, 0.15) is 26.2 Å². The molecule has 1 saturated carbocycles. The van der Waals surface area contributed by atoms with E-state index in [2.05, 4.69) is 0 Å². The predicted octanol–water partition coefficient (Wildman–Crippen LogP) is -4.52. The zero-order valence-corrected chi connectivity index (χ0v) is 15.0. The number of fused-ring (bicyclic) bond motifs is 3. The minimum atomic E-state index is -1.47. The Morgan fingerprint density at radius 1 is 1.43 bits per heavy atom. The largest absolute Gasteiger partial charge is 1.00 e. The van der Waals surface area contributed by atoms with Crippen LogP contribution in [0, 0.1) is 11.8 Å². The Balaban J connectivity index is 0.00000192. The number of carboxylic acid groups (broad SMARTS) is 1. The Kier molecular flexibility index (Phi) is 5.10. The molecule has 23 heavy (non-hydrogen) atoms. The number of nitrogens with two attached hydrogens (primary N) is 1. The molecule has 8 nitrogen and oxygen atoms in total. The number of hydrogen-bond acceptors (Lipinski definition) is 6. The number of β-lactam (4-membered cyclic amide) rings is 1. The molecule has 1 saturated heterocycles. The van der Waals surface area contributed by atoms with Gasteiger partial charge in [0.25, 0.3) is 0 Å². The third kappa shape index (κ3) is 2.67. The molecule has 120 valence electrons. The van der Waals surface area contributed by atoms with Crippen molar-refractivity contribution in [1.29, 1.82) is 0 Å². The number of aliphatic hydroxyl groups is 1. The van der Waals surface area contributed by atoms with Crippen molar-refractivity contribution in [3.05, 3.63) is 11.3 Å². The Morgan fingerprint density at radius 2 is 2.09 bits per heavy atom. The Labute approximate surface area is 154 Å². The summed E-state index contributed by atoms with van der Waals surface area (Å²) in [6, 6.07) is -0.408. The summed E-state index contributed by atoms with van der Waals surface area (Å²) in [6.45, 7) is 1.51. The maximum atomic E-state index is 12.2. The summed E-state index contributed by atoms with van der Waals surface area (Å²) in [4.78, 5) is 35.9. The molecule has 0 aromatic carbocycles. The number of rotatable bonds is 3. The van der Waals surface area contributed by atoms with E-state index < -0.39 is 42.1 Å². The van der Waals surface area contributed by atoms with Crippen LogP contribution in [0.2, 0.25) is 0 Å². The van der Waals surface area contributed by atoms with Crippen LogP contribution >= 0.6 is 0 Å². The average Bonchev–Trinajstić information content (AvgIpc) is 2.69. The van der Waals surface area contributed by atoms with Gasteiger partial charge in [0.2, 0.25) is 5.91 Å². The Morgan fingerprint density at radius 3 is 2.61 bits per heavy atom. The van der Waals surface area contributed by atoms with E-state index in [0.29, 0.717) is 18.4 Å². The summed E-state index contributed by atoms with van der Waals surface area (Å²) in [7, 11) is 0. The molecule has 3 N–H and O–H groups in total. The second-order valence-electron chi connectivity index (χ2n) is 6.02. The quantitative estimate of drug-likeness (QED) is 0.395. The van der Waals surface area contributed by atoms with Gasteiger partial charge in [-0.2, -0.15) is 0 Å². The zero-order valence-electron chi connectivity index (χ0n) is 13.0. The van der Waals surface area contributed by atoms with Gasteiger partial charge in [-0.05, 0) is 26.2 Å². The molecule has 0 aromatic heterocycles. The maximum absolute atomic E-state index is 12.2. The van der Waals surface area contributed by atoms with Gasteiger partial charge in [-0.3, -0.25) is 4.79 Å². The van der Waals surface area contributed by atoms with Crippen LogP contribution in [0.4, 0.5) is 4.79 Å². The van der Waals surface area contributed by atoms with E-state index in [1.54, 1.807) is 0 Å². The van der Waals surface area contributed by atoms with Crippen LogP contribution in [0.15, 0.2) is 11.3 Å². The molecule has 2 heterocycles. The van der Waals surface area contributed by atoms with E-state index in [0.717, 1.165) is 6.42 Å². The molecule has 3 rings (SSSR count). The minimum absolute atomic E-state index is 0. The van der Waals surface area contributed by atoms with Gasteiger partial charge in [-0.1, -0.05) is 0 Å². The number of carbonyl (C=O) groups excluding carboxylic acids is 3. The summed E-state index contributed by atoms with van der Waals surface area (Å²) < 4.78 is 5.03. The normalized spacial score (nSPS) is 33.1. The number of ether oxygens (including phenoxy) is 1. The van der Waals surface area contributed by atoms with Crippen LogP contribution in [0.5, 0.6) is 0 Å².